The average molecular weight is 688 g/mol. The lowest BCUT2D eigenvalue weighted by atomic mass is 9.86. The first-order valence-corrected chi connectivity index (χ1v) is 17.4. The van der Waals surface area contributed by atoms with Gasteiger partial charge in [0, 0.05) is 18.1 Å². The minimum Gasteiger partial charge on any atom is -1.00 e. The Balaban J connectivity index is 0.00000675. The number of unbranched alkanes of at least 4 members (excludes halogenated alkanes) is 11. The van der Waals surface area contributed by atoms with Crippen molar-refractivity contribution in [2.45, 2.75) is 124 Å². The first-order valence-electron chi connectivity index (χ1n) is 16.5. The number of hydrogen-bond donors (Lipinski definition) is 1. The maximum absolute atomic E-state index is 13.0. The number of nitrogens with zero attached hydrogens (tertiary/aromatic N) is 1. The molecule has 44 heavy (non-hydrogen) atoms. The molecule has 3 aromatic rings. The molecule has 3 rings (SSSR count). The van der Waals surface area contributed by atoms with Crippen LogP contribution in [0.3, 0.4) is 0 Å². The number of para-hydroxylation sites is 2. The van der Waals surface area contributed by atoms with Gasteiger partial charge >= 0.3 is 0 Å². The monoisotopic (exact) mass is 686 g/mol. The van der Waals surface area contributed by atoms with Crippen molar-refractivity contribution in [3.05, 3.63) is 70.2 Å². The van der Waals surface area contributed by atoms with Crippen LogP contribution >= 0.6 is 11.3 Å². The third-order valence-corrected chi connectivity index (χ3v) is 8.76. The van der Waals surface area contributed by atoms with Crippen LogP contribution in [0.25, 0.3) is 0 Å². The molecule has 0 aliphatic carbocycles. The number of carbonyl (C=O) groups is 1. The molecule has 0 bridgehead atoms. The van der Waals surface area contributed by atoms with Gasteiger partial charge in [-0.05, 0) is 24.0 Å². The molecule has 1 aromatic heterocycles. The summed E-state index contributed by atoms with van der Waals surface area (Å²) in [6.45, 7) is 12.2. The smallest absolute Gasteiger partial charge is 0.262 e. The molecule has 0 aliphatic rings. The Morgan fingerprint density at radius 2 is 1.48 bits per heavy atom. The van der Waals surface area contributed by atoms with E-state index in [2.05, 4.69) is 67.5 Å². The fourth-order valence-corrected chi connectivity index (χ4v) is 6.08. The lowest BCUT2D eigenvalue weighted by Crippen LogP contribution is -3.00. The minimum absolute atomic E-state index is 0. The van der Waals surface area contributed by atoms with Crippen LogP contribution in [0.4, 0.5) is 5.69 Å². The van der Waals surface area contributed by atoms with Crippen LogP contribution in [0.5, 0.6) is 11.5 Å². The topological polar surface area (TPSA) is 51.4 Å². The van der Waals surface area contributed by atoms with Crippen LogP contribution in [0.2, 0.25) is 0 Å². The molecule has 0 atom stereocenters. The van der Waals surface area contributed by atoms with E-state index >= 15 is 0 Å². The van der Waals surface area contributed by atoms with E-state index in [0.29, 0.717) is 18.9 Å². The van der Waals surface area contributed by atoms with Crippen LogP contribution < -0.4 is 36.3 Å². The highest BCUT2D eigenvalue weighted by Crippen LogP contribution is 2.38. The molecule has 7 heteroatoms. The zero-order chi connectivity index (χ0) is 30.9. The lowest BCUT2D eigenvalue weighted by Gasteiger charge is -2.24. The summed E-state index contributed by atoms with van der Waals surface area (Å²) < 4.78 is 14.6. The molecule has 0 radical (unpaired) electrons. The molecule has 0 saturated heterocycles. The summed E-state index contributed by atoms with van der Waals surface area (Å²) in [5, 5.41) is 5.18. The zero-order valence-electron chi connectivity index (χ0n) is 27.8. The number of aryl methyl sites for hydroxylation is 1. The second-order valence-electron chi connectivity index (χ2n) is 12.7. The quantitative estimate of drug-likeness (QED) is 0.105. The van der Waals surface area contributed by atoms with Gasteiger partial charge in [-0.2, -0.15) is 4.57 Å². The third kappa shape index (κ3) is 13.3. The van der Waals surface area contributed by atoms with Crippen molar-refractivity contribution in [3.8, 4) is 11.5 Å². The van der Waals surface area contributed by atoms with Crippen LogP contribution in [0.15, 0.2) is 53.4 Å². The molecular weight excluding hydrogens is 632 g/mol. The summed E-state index contributed by atoms with van der Waals surface area (Å²) in [5.74, 6) is 1.20. The van der Waals surface area contributed by atoms with Crippen molar-refractivity contribution in [2.24, 2.45) is 0 Å². The fourth-order valence-electron chi connectivity index (χ4n) is 5.29. The van der Waals surface area contributed by atoms with Crippen molar-refractivity contribution in [3.63, 3.8) is 0 Å². The second kappa shape index (κ2) is 20.6. The standard InChI is InChI=1S/C37H54N2O3S.BrH/c1-6-7-8-9-10-11-12-13-14-15-16-19-25-41-36-32(37(3,4)5)22-20-24-34(36)42-27-35(40)38-33-23-18-17-21-31(33)26-39-29-43-28-30(39)2;/h17-18,20-24,28-29H,6-16,19,25-27H2,1-5H3;1H. The molecule has 1 amide bonds. The van der Waals surface area contributed by atoms with Crippen molar-refractivity contribution >= 4 is 22.9 Å². The Kier molecular flexibility index (Phi) is 17.7. The van der Waals surface area contributed by atoms with Gasteiger partial charge in [0.1, 0.15) is 0 Å². The number of amides is 1. The SMILES string of the molecule is CCCCCCCCCCCCCCOc1c(OCC(=O)Nc2ccccc2C[n+]2cscc2C)cccc1C(C)(C)C.[Br-]. The first kappa shape index (κ1) is 37.8. The van der Waals surface area contributed by atoms with Crippen LogP contribution in [0.1, 0.15) is 122 Å². The van der Waals surface area contributed by atoms with Crippen molar-refractivity contribution in [2.75, 3.05) is 18.5 Å². The molecule has 0 unspecified atom stereocenters. The number of aromatic nitrogens is 1. The van der Waals surface area contributed by atoms with E-state index in [1.807, 2.05) is 30.3 Å². The number of benzene rings is 2. The molecule has 0 saturated carbocycles. The van der Waals surface area contributed by atoms with Crippen LogP contribution in [0, 0.1) is 6.92 Å². The number of ether oxygens (including phenoxy) is 2. The fraction of sp³-hybridized carbons (Fsp3) is 0.568. The highest BCUT2D eigenvalue weighted by molar-refractivity contribution is 7.07. The summed E-state index contributed by atoms with van der Waals surface area (Å²) >= 11 is 1.67. The number of carbonyl (C=O) groups excluding carboxylic acids is 1. The molecule has 0 fully saturated rings. The normalized spacial score (nSPS) is 11.2. The summed E-state index contributed by atoms with van der Waals surface area (Å²) in [5.41, 5.74) is 6.15. The number of thiazole rings is 1. The number of rotatable bonds is 20. The summed E-state index contributed by atoms with van der Waals surface area (Å²) in [6, 6.07) is 13.9. The van der Waals surface area contributed by atoms with E-state index in [1.54, 1.807) is 11.3 Å². The van der Waals surface area contributed by atoms with Crippen molar-refractivity contribution in [1.29, 1.82) is 0 Å². The van der Waals surface area contributed by atoms with E-state index in [-0.39, 0.29) is 34.9 Å². The molecule has 1 heterocycles. The Hall–Kier alpha value is -2.38. The number of nitrogens with one attached hydrogen (secondary N) is 1. The molecule has 5 nitrogen and oxygen atoms in total. The van der Waals surface area contributed by atoms with Gasteiger partial charge in [-0.15, -0.1) is 0 Å². The molecule has 0 aliphatic heterocycles. The van der Waals surface area contributed by atoms with Gasteiger partial charge in [-0.1, -0.05) is 140 Å². The van der Waals surface area contributed by atoms with Gasteiger partial charge in [0.05, 0.1) is 17.7 Å². The molecular formula is C37H55BrN2O3S. The largest absolute Gasteiger partial charge is 1.00 e. The summed E-state index contributed by atoms with van der Waals surface area (Å²) in [4.78, 5) is 13.0. The van der Waals surface area contributed by atoms with E-state index in [0.717, 1.165) is 29.0 Å². The van der Waals surface area contributed by atoms with Gasteiger partial charge in [0.25, 0.3) is 5.91 Å². The molecule has 244 valence electrons. The van der Waals surface area contributed by atoms with Gasteiger partial charge in [0.15, 0.2) is 30.3 Å². The Morgan fingerprint density at radius 1 is 0.841 bits per heavy atom. The molecule has 2 aromatic carbocycles. The maximum atomic E-state index is 13.0. The van der Waals surface area contributed by atoms with E-state index in [4.69, 9.17) is 9.47 Å². The van der Waals surface area contributed by atoms with Gasteiger partial charge < -0.3 is 31.8 Å². The maximum Gasteiger partial charge on any atom is 0.262 e. The van der Waals surface area contributed by atoms with Gasteiger partial charge in [0.2, 0.25) is 5.51 Å². The van der Waals surface area contributed by atoms with E-state index < -0.39 is 0 Å². The number of hydrogen-bond acceptors (Lipinski definition) is 4. The summed E-state index contributed by atoms with van der Waals surface area (Å²) in [6.07, 6.45) is 15.8. The highest BCUT2D eigenvalue weighted by Gasteiger charge is 2.23. The zero-order valence-corrected chi connectivity index (χ0v) is 30.2. The van der Waals surface area contributed by atoms with E-state index in [9.17, 15) is 4.79 Å². The predicted molar refractivity (Wildman–Crippen MR) is 181 cm³/mol. The first-order chi connectivity index (χ1) is 20.8. The van der Waals surface area contributed by atoms with Crippen LogP contribution in [-0.4, -0.2) is 19.1 Å². The Bertz CT molecular complexity index is 1240. The van der Waals surface area contributed by atoms with Crippen LogP contribution in [-0.2, 0) is 16.8 Å². The Labute approximate surface area is 281 Å². The van der Waals surface area contributed by atoms with Gasteiger partial charge in [-0.25, -0.2) is 0 Å². The second-order valence-corrected chi connectivity index (χ2v) is 13.5. The third-order valence-electron chi connectivity index (χ3n) is 7.90. The van der Waals surface area contributed by atoms with Gasteiger partial charge in [-0.3, -0.25) is 4.79 Å². The number of anilines is 1. The average Bonchev–Trinajstić information content (AvgIpc) is 3.39. The number of halogens is 1. The minimum atomic E-state index is -0.187. The molecule has 1 N–H and O–H groups in total. The van der Waals surface area contributed by atoms with Crippen molar-refractivity contribution < 1.29 is 35.8 Å². The predicted octanol–water partition coefficient (Wildman–Crippen LogP) is 6.79. The Morgan fingerprint density at radius 3 is 2.09 bits per heavy atom. The van der Waals surface area contributed by atoms with Crippen molar-refractivity contribution in [1.82, 2.24) is 0 Å². The summed E-state index contributed by atoms with van der Waals surface area (Å²) in [7, 11) is 0. The van der Waals surface area contributed by atoms with E-state index in [1.165, 1.54) is 76.3 Å². The highest BCUT2D eigenvalue weighted by atomic mass is 79.9. The lowest BCUT2D eigenvalue weighted by molar-refractivity contribution is -0.689. The molecule has 0 spiro atoms.